The Kier molecular flexibility index (Phi) is 6.81. The Labute approximate surface area is 180 Å². The summed E-state index contributed by atoms with van der Waals surface area (Å²) in [5, 5.41) is 2.52. The number of carbonyl (C=O) groups is 4. The normalized spacial score (nSPS) is 18.9. The van der Waals surface area contributed by atoms with E-state index in [1.807, 2.05) is 30.3 Å². The Morgan fingerprint density at radius 3 is 2.23 bits per heavy atom. The Balaban J connectivity index is 1.74. The van der Waals surface area contributed by atoms with Crippen LogP contribution in [0.3, 0.4) is 0 Å². The first-order valence-electron chi connectivity index (χ1n) is 10.1. The molecule has 0 aliphatic carbocycles. The number of hydrogen-bond acceptors (Lipinski definition) is 5. The van der Waals surface area contributed by atoms with Crippen LogP contribution in [-0.4, -0.2) is 53.1 Å². The van der Waals surface area contributed by atoms with Crippen molar-refractivity contribution >= 4 is 23.5 Å². The van der Waals surface area contributed by atoms with E-state index in [0.717, 1.165) is 5.56 Å². The van der Waals surface area contributed by atoms with E-state index in [9.17, 15) is 19.2 Å². The molecule has 2 atom stereocenters. The molecule has 8 heteroatoms. The summed E-state index contributed by atoms with van der Waals surface area (Å²) in [6.45, 7) is -0.225. The van der Waals surface area contributed by atoms with Crippen LogP contribution in [-0.2, 0) is 20.8 Å². The minimum Gasteiger partial charge on any atom is -0.367 e. The Morgan fingerprint density at radius 1 is 1.00 bits per heavy atom. The molecule has 2 aromatic carbocycles. The Hall–Kier alpha value is -3.52. The number of amides is 3. The van der Waals surface area contributed by atoms with Gasteiger partial charge in [0.25, 0.3) is 11.8 Å². The average Bonchev–Trinajstić information content (AvgIpc) is 3.24. The monoisotopic (exact) mass is 422 g/mol. The second kappa shape index (κ2) is 9.53. The van der Waals surface area contributed by atoms with Gasteiger partial charge in [-0.05, 0) is 37.0 Å². The summed E-state index contributed by atoms with van der Waals surface area (Å²) in [5.74, 6) is -2.50. The van der Waals surface area contributed by atoms with E-state index < -0.39 is 41.6 Å². The number of primary amides is 1. The summed E-state index contributed by atoms with van der Waals surface area (Å²) in [7, 11) is 0. The van der Waals surface area contributed by atoms with Gasteiger partial charge in [-0.15, -0.1) is 0 Å². The van der Waals surface area contributed by atoms with Crippen molar-refractivity contribution in [1.82, 2.24) is 10.2 Å². The van der Waals surface area contributed by atoms with Gasteiger partial charge in [0.1, 0.15) is 0 Å². The van der Waals surface area contributed by atoms with E-state index in [0.29, 0.717) is 12.0 Å². The van der Waals surface area contributed by atoms with Crippen molar-refractivity contribution in [2.75, 3.05) is 13.1 Å². The summed E-state index contributed by atoms with van der Waals surface area (Å²) in [4.78, 5) is 52.1. The van der Waals surface area contributed by atoms with Crippen LogP contribution in [0.15, 0.2) is 60.7 Å². The van der Waals surface area contributed by atoms with E-state index in [1.165, 1.54) is 4.90 Å². The van der Waals surface area contributed by atoms with E-state index in [-0.39, 0.29) is 19.4 Å². The molecule has 8 nitrogen and oxygen atoms in total. The Bertz CT molecular complexity index is 964. The third-order valence-corrected chi connectivity index (χ3v) is 5.58. The maximum Gasteiger partial charge on any atom is 0.251 e. The van der Waals surface area contributed by atoms with Gasteiger partial charge in [0.2, 0.25) is 5.91 Å². The van der Waals surface area contributed by atoms with Crippen LogP contribution in [0.25, 0.3) is 0 Å². The van der Waals surface area contributed by atoms with E-state index in [2.05, 4.69) is 5.32 Å². The molecule has 3 amide bonds. The molecule has 1 saturated heterocycles. The van der Waals surface area contributed by atoms with E-state index in [1.54, 1.807) is 30.3 Å². The minimum atomic E-state index is -1.81. The molecule has 1 aliphatic rings. The van der Waals surface area contributed by atoms with E-state index >= 15 is 0 Å². The molecule has 162 valence electrons. The number of likely N-dealkylation sites (tertiary alicyclic amines) is 1. The quantitative estimate of drug-likeness (QED) is 0.529. The van der Waals surface area contributed by atoms with Crippen molar-refractivity contribution in [2.45, 2.75) is 30.8 Å². The first-order valence-corrected chi connectivity index (χ1v) is 10.1. The van der Waals surface area contributed by atoms with Crippen molar-refractivity contribution in [1.29, 1.82) is 0 Å². The van der Waals surface area contributed by atoms with Crippen LogP contribution in [0.5, 0.6) is 0 Å². The maximum absolute atomic E-state index is 13.1. The lowest BCUT2D eigenvalue weighted by Crippen LogP contribution is -2.65. The minimum absolute atomic E-state index is 0.103. The fraction of sp³-hybridized carbons (Fsp3) is 0.304. The lowest BCUT2D eigenvalue weighted by molar-refractivity contribution is -0.151. The number of ketones is 1. The smallest absolute Gasteiger partial charge is 0.251 e. The van der Waals surface area contributed by atoms with Gasteiger partial charge in [0.15, 0.2) is 11.3 Å². The predicted octanol–water partition coefficient (Wildman–Crippen LogP) is 0.402. The fourth-order valence-electron chi connectivity index (χ4n) is 3.95. The van der Waals surface area contributed by atoms with Gasteiger partial charge in [0.05, 0.1) is 12.6 Å². The Morgan fingerprint density at radius 2 is 1.61 bits per heavy atom. The van der Waals surface area contributed by atoms with Crippen molar-refractivity contribution in [3.05, 3.63) is 71.8 Å². The number of Topliss-reactive ketones (excluding diaryl/α,β-unsaturated/α-hetero) is 1. The predicted molar refractivity (Wildman–Crippen MR) is 115 cm³/mol. The molecule has 0 aromatic heterocycles. The molecule has 0 bridgehead atoms. The first-order chi connectivity index (χ1) is 14.9. The van der Waals surface area contributed by atoms with Gasteiger partial charge in [-0.1, -0.05) is 48.5 Å². The van der Waals surface area contributed by atoms with Crippen LogP contribution >= 0.6 is 0 Å². The van der Waals surface area contributed by atoms with Gasteiger partial charge in [-0.3, -0.25) is 19.2 Å². The molecule has 5 N–H and O–H groups in total. The standard InChI is InChI=1S/C23H26N4O4/c24-18(14-16-8-3-1-4-9-16)21(30)27-13-7-12-23(27,22(25)31)19(28)15-26-20(29)17-10-5-2-6-11-17/h1-6,8-11,18H,7,12-15,24H2,(H2,25,31)(H,26,29)/t18-,23+/m0/s1. The van der Waals surface area contributed by atoms with Crippen molar-refractivity contribution in [2.24, 2.45) is 11.5 Å². The summed E-state index contributed by atoms with van der Waals surface area (Å²) in [5.41, 5.74) is 11.2. The number of nitrogens with zero attached hydrogens (tertiary/aromatic N) is 1. The van der Waals surface area contributed by atoms with Gasteiger partial charge in [0, 0.05) is 12.1 Å². The first kappa shape index (κ1) is 22.2. The van der Waals surface area contributed by atoms with Crippen LogP contribution in [0, 0.1) is 0 Å². The molecular weight excluding hydrogens is 396 g/mol. The highest BCUT2D eigenvalue weighted by atomic mass is 16.2. The molecule has 0 spiro atoms. The highest BCUT2D eigenvalue weighted by molar-refractivity contribution is 6.14. The lowest BCUT2D eigenvalue weighted by Gasteiger charge is -2.36. The number of hydrogen-bond donors (Lipinski definition) is 3. The van der Waals surface area contributed by atoms with Crippen molar-refractivity contribution in [3.8, 4) is 0 Å². The zero-order valence-electron chi connectivity index (χ0n) is 17.1. The van der Waals surface area contributed by atoms with Crippen molar-refractivity contribution in [3.63, 3.8) is 0 Å². The maximum atomic E-state index is 13.1. The molecule has 3 rings (SSSR count). The second-order valence-electron chi connectivity index (χ2n) is 7.59. The zero-order valence-corrected chi connectivity index (χ0v) is 17.1. The highest BCUT2D eigenvalue weighted by Crippen LogP contribution is 2.31. The number of benzene rings is 2. The summed E-state index contributed by atoms with van der Waals surface area (Å²) in [6, 6.07) is 16.7. The third-order valence-electron chi connectivity index (χ3n) is 5.58. The van der Waals surface area contributed by atoms with E-state index in [4.69, 9.17) is 11.5 Å². The number of nitrogens with two attached hydrogens (primary N) is 2. The van der Waals surface area contributed by atoms with Crippen LogP contribution in [0.2, 0.25) is 0 Å². The summed E-state index contributed by atoms with van der Waals surface area (Å²) in [6.07, 6.45) is 0.807. The summed E-state index contributed by atoms with van der Waals surface area (Å²) >= 11 is 0. The molecule has 0 saturated carbocycles. The van der Waals surface area contributed by atoms with Crippen LogP contribution < -0.4 is 16.8 Å². The molecule has 1 heterocycles. The largest absolute Gasteiger partial charge is 0.367 e. The number of rotatable bonds is 8. The number of nitrogens with one attached hydrogen (secondary N) is 1. The average molecular weight is 422 g/mol. The molecule has 1 fully saturated rings. The van der Waals surface area contributed by atoms with Crippen molar-refractivity contribution < 1.29 is 19.2 Å². The van der Waals surface area contributed by atoms with Crippen LogP contribution in [0.4, 0.5) is 0 Å². The van der Waals surface area contributed by atoms with Gasteiger partial charge >= 0.3 is 0 Å². The SMILES string of the molecule is NC(=O)[C@]1(C(=O)CNC(=O)c2ccccc2)CCCN1C(=O)[C@@H](N)Cc1ccccc1. The molecule has 1 aliphatic heterocycles. The zero-order chi connectivity index (χ0) is 22.4. The van der Waals surface area contributed by atoms with Crippen LogP contribution in [0.1, 0.15) is 28.8 Å². The van der Waals surface area contributed by atoms with Gasteiger partial charge in [-0.2, -0.15) is 0 Å². The molecule has 2 aromatic rings. The molecule has 0 radical (unpaired) electrons. The third kappa shape index (κ3) is 4.64. The summed E-state index contributed by atoms with van der Waals surface area (Å²) < 4.78 is 0. The van der Waals surface area contributed by atoms with Gasteiger partial charge in [-0.25, -0.2) is 0 Å². The molecule has 0 unspecified atom stereocenters. The van der Waals surface area contributed by atoms with Gasteiger partial charge < -0.3 is 21.7 Å². The lowest BCUT2D eigenvalue weighted by atomic mass is 9.88. The number of carbonyl (C=O) groups excluding carboxylic acids is 4. The molecule has 31 heavy (non-hydrogen) atoms. The highest BCUT2D eigenvalue weighted by Gasteiger charge is 2.54. The molecular formula is C23H26N4O4. The second-order valence-corrected chi connectivity index (χ2v) is 7.59. The fourth-order valence-corrected chi connectivity index (χ4v) is 3.95. The topological polar surface area (TPSA) is 136 Å².